The SMILES string of the molecule is Nc1ncn(CC(=O)N2CCC(N3CCCC3)C2)n1. The molecule has 1 unspecified atom stereocenters. The van der Waals surface area contributed by atoms with Gasteiger partial charge in [0.2, 0.25) is 11.9 Å². The largest absolute Gasteiger partial charge is 0.367 e. The van der Waals surface area contributed by atoms with Gasteiger partial charge in [-0.05, 0) is 32.4 Å². The fourth-order valence-electron chi connectivity index (χ4n) is 3.00. The van der Waals surface area contributed by atoms with Gasteiger partial charge in [0, 0.05) is 19.1 Å². The lowest BCUT2D eigenvalue weighted by molar-refractivity contribution is -0.131. The number of carbonyl (C=O) groups excluding carboxylic acids is 1. The maximum Gasteiger partial charge on any atom is 0.244 e. The Bertz CT molecular complexity index is 453. The summed E-state index contributed by atoms with van der Waals surface area (Å²) in [5, 5.41) is 3.94. The van der Waals surface area contributed by atoms with E-state index in [1.165, 1.54) is 36.9 Å². The summed E-state index contributed by atoms with van der Waals surface area (Å²) in [5.74, 6) is 0.316. The molecule has 19 heavy (non-hydrogen) atoms. The lowest BCUT2D eigenvalue weighted by Crippen LogP contribution is -2.38. The van der Waals surface area contributed by atoms with Crippen molar-refractivity contribution in [1.29, 1.82) is 0 Å². The Morgan fingerprint density at radius 3 is 2.84 bits per heavy atom. The summed E-state index contributed by atoms with van der Waals surface area (Å²) >= 11 is 0. The first kappa shape index (κ1) is 12.4. The first-order valence-corrected chi connectivity index (χ1v) is 6.89. The molecule has 2 N–H and O–H groups in total. The third kappa shape index (κ3) is 2.70. The van der Waals surface area contributed by atoms with Gasteiger partial charge in [0.15, 0.2) is 0 Å². The van der Waals surface area contributed by atoms with E-state index in [4.69, 9.17) is 5.73 Å². The zero-order chi connectivity index (χ0) is 13.2. The third-order valence-corrected chi connectivity index (χ3v) is 4.02. The van der Waals surface area contributed by atoms with Gasteiger partial charge in [-0.15, -0.1) is 5.10 Å². The molecule has 104 valence electrons. The smallest absolute Gasteiger partial charge is 0.244 e. The number of nitrogens with zero attached hydrogens (tertiary/aromatic N) is 5. The predicted octanol–water partition coefficient (Wildman–Crippen LogP) is -0.443. The van der Waals surface area contributed by atoms with E-state index in [0.717, 1.165) is 19.5 Å². The number of aromatic nitrogens is 3. The van der Waals surface area contributed by atoms with Crippen LogP contribution in [0.25, 0.3) is 0 Å². The Balaban J connectivity index is 1.53. The number of rotatable bonds is 3. The van der Waals surface area contributed by atoms with Gasteiger partial charge in [-0.2, -0.15) is 0 Å². The average molecular weight is 264 g/mol. The van der Waals surface area contributed by atoms with Crippen molar-refractivity contribution in [2.24, 2.45) is 0 Å². The first-order chi connectivity index (χ1) is 9.22. The zero-order valence-corrected chi connectivity index (χ0v) is 11.0. The van der Waals surface area contributed by atoms with E-state index in [2.05, 4.69) is 15.0 Å². The maximum absolute atomic E-state index is 12.2. The number of anilines is 1. The molecular formula is C12H20N6O. The highest BCUT2D eigenvalue weighted by Crippen LogP contribution is 2.20. The molecule has 2 fully saturated rings. The normalized spacial score (nSPS) is 24.2. The highest BCUT2D eigenvalue weighted by molar-refractivity contribution is 5.76. The van der Waals surface area contributed by atoms with E-state index in [1.54, 1.807) is 0 Å². The number of nitrogens with two attached hydrogens (primary N) is 1. The van der Waals surface area contributed by atoms with Crippen LogP contribution in [-0.2, 0) is 11.3 Å². The third-order valence-electron chi connectivity index (χ3n) is 4.02. The van der Waals surface area contributed by atoms with Crippen molar-refractivity contribution < 1.29 is 4.79 Å². The summed E-state index contributed by atoms with van der Waals surface area (Å²) in [4.78, 5) is 20.4. The van der Waals surface area contributed by atoms with Crippen LogP contribution in [0.3, 0.4) is 0 Å². The molecule has 2 aliphatic rings. The lowest BCUT2D eigenvalue weighted by atomic mass is 10.2. The Morgan fingerprint density at radius 1 is 1.37 bits per heavy atom. The molecule has 7 nitrogen and oxygen atoms in total. The van der Waals surface area contributed by atoms with Crippen LogP contribution in [0.1, 0.15) is 19.3 Å². The van der Waals surface area contributed by atoms with Crippen LogP contribution in [0.4, 0.5) is 5.95 Å². The van der Waals surface area contributed by atoms with Gasteiger partial charge in [-0.25, -0.2) is 9.67 Å². The number of hydrogen-bond acceptors (Lipinski definition) is 5. The molecule has 0 radical (unpaired) electrons. The first-order valence-electron chi connectivity index (χ1n) is 6.89. The molecule has 1 aromatic rings. The minimum absolute atomic E-state index is 0.103. The zero-order valence-electron chi connectivity index (χ0n) is 11.0. The van der Waals surface area contributed by atoms with Crippen LogP contribution in [0, 0.1) is 0 Å². The fourth-order valence-corrected chi connectivity index (χ4v) is 3.00. The highest BCUT2D eigenvalue weighted by Gasteiger charge is 2.31. The van der Waals surface area contributed by atoms with Gasteiger partial charge in [0.05, 0.1) is 0 Å². The van der Waals surface area contributed by atoms with Crippen LogP contribution < -0.4 is 5.73 Å². The Morgan fingerprint density at radius 2 is 2.16 bits per heavy atom. The molecular weight excluding hydrogens is 244 g/mol. The van der Waals surface area contributed by atoms with Gasteiger partial charge in [0.25, 0.3) is 0 Å². The van der Waals surface area contributed by atoms with Crippen molar-refractivity contribution in [3.63, 3.8) is 0 Å². The lowest BCUT2D eigenvalue weighted by Gasteiger charge is -2.23. The van der Waals surface area contributed by atoms with E-state index >= 15 is 0 Å². The molecule has 0 aromatic carbocycles. The molecule has 0 spiro atoms. The van der Waals surface area contributed by atoms with Gasteiger partial charge in [-0.1, -0.05) is 0 Å². The second kappa shape index (κ2) is 5.16. The topological polar surface area (TPSA) is 80.3 Å². The van der Waals surface area contributed by atoms with E-state index in [1.807, 2.05) is 4.90 Å². The number of hydrogen-bond donors (Lipinski definition) is 1. The molecule has 0 saturated carbocycles. The average Bonchev–Trinajstić information content (AvgIpc) is 3.08. The summed E-state index contributed by atoms with van der Waals surface area (Å²) in [5.41, 5.74) is 5.44. The summed E-state index contributed by atoms with van der Waals surface area (Å²) in [6, 6.07) is 0.548. The number of carbonyl (C=O) groups is 1. The van der Waals surface area contributed by atoms with Crippen LogP contribution in [-0.4, -0.2) is 62.7 Å². The van der Waals surface area contributed by atoms with Gasteiger partial charge < -0.3 is 10.6 Å². The van der Waals surface area contributed by atoms with Crippen LogP contribution in [0.2, 0.25) is 0 Å². The molecule has 1 amide bonds. The number of likely N-dealkylation sites (tertiary alicyclic amines) is 2. The standard InChI is InChI=1S/C12H20N6O/c13-12-14-9-18(15-12)8-11(19)17-6-3-10(7-17)16-4-1-2-5-16/h9-10H,1-8H2,(H2,13,15). The van der Waals surface area contributed by atoms with Crippen molar-refractivity contribution in [1.82, 2.24) is 24.6 Å². The van der Waals surface area contributed by atoms with Crippen molar-refractivity contribution in [2.45, 2.75) is 31.8 Å². The van der Waals surface area contributed by atoms with Crippen LogP contribution in [0.5, 0.6) is 0 Å². The molecule has 2 aliphatic heterocycles. The second-order valence-electron chi connectivity index (χ2n) is 5.33. The molecule has 1 atom stereocenters. The molecule has 2 saturated heterocycles. The Labute approximate surface area is 112 Å². The van der Waals surface area contributed by atoms with Crippen molar-refractivity contribution in [3.05, 3.63) is 6.33 Å². The van der Waals surface area contributed by atoms with Crippen molar-refractivity contribution in [2.75, 3.05) is 31.9 Å². The van der Waals surface area contributed by atoms with Crippen LogP contribution in [0.15, 0.2) is 6.33 Å². The second-order valence-corrected chi connectivity index (χ2v) is 5.33. The van der Waals surface area contributed by atoms with E-state index in [9.17, 15) is 4.79 Å². The quantitative estimate of drug-likeness (QED) is 0.800. The highest BCUT2D eigenvalue weighted by atomic mass is 16.2. The number of nitrogen functional groups attached to an aromatic ring is 1. The van der Waals surface area contributed by atoms with E-state index in [0.29, 0.717) is 6.04 Å². The molecule has 3 rings (SSSR count). The summed E-state index contributed by atoms with van der Waals surface area (Å²) in [7, 11) is 0. The minimum Gasteiger partial charge on any atom is -0.367 e. The maximum atomic E-state index is 12.2. The summed E-state index contributed by atoms with van der Waals surface area (Å²) < 4.78 is 1.50. The summed E-state index contributed by atoms with van der Waals surface area (Å²) in [6.07, 6.45) is 5.18. The molecule has 1 aromatic heterocycles. The summed E-state index contributed by atoms with van der Waals surface area (Å²) in [6.45, 7) is 4.31. The van der Waals surface area contributed by atoms with Gasteiger partial charge in [0.1, 0.15) is 12.9 Å². The Hall–Kier alpha value is -1.63. The van der Waals surface area contributed by atoms with Gasteiger partial charge in [-0.3, -0.25) is 9.69 Å². The molecule has 0 aliphatic carbocycles. The fraction of sp³-hybridized carbons (Fsp3) is 0.750. The van der Waals surface area contributed by atoms with E-state index in [-0.39, 0.29) is 18.4 Å². The van der Waals surface area contributed by atoms with Crippen LogP contribution >= 0.6 is 0 Å². The van der Waals surface area contributed by atoms with Crippen molar-refractivity contribution >= 4 is 11.9 Å². The predicted molar refractivity (Wildman–Crippen MR) is 70.2 cm³/mol. The monoisotopic (exact) mass is 264 g/mol. The molecule has 3 heterocycles. The number of amides is 1. The van der Waals surface area contributed by atoms with Crippen molar-refractivity contribution in [3.8, 4) is 0 Å². The Kier molecular flexibility index (Phi) is 3.37. The minimum atomic E-state index is 0.103. The molecule has 0 bridgehead atoms. The molecule has 7 heteroatoms. The van der Waals surface area contributed by atoms with Gasteiger partial charge >= 0.3 is 0 Å². The van der Waals surface area contributed by atoms with E-state index < -0.39 is 0 Å².